The van der Waals surface area contributed by atoms with E-state index in [2.05, 4.69) is 21.9 Å². The molecule has 128 valence electrons. The Bertz CT molecular complexity index is 617. The van der Waals surface area contributed by atoms with Crippen molar-refractivity contribution >= 4 is 15.9 Å². The fourth-order valence-corrected chi connectivity index (χ4v) is 2.77. The first-order chi connectivity index (χ1) is 11.0. The molecule has 0 spiro atoms. The second kappa shape index (κ2) is 10.1. The number of hydrogen-bond donors (Lipinski definition) is 3. The van der Waals surface area contributed by atoms with Crippen molar-refractivity contribution in [1.82, 2.24) is 15.4 Å². The van der Waals surface area contributed by atoms with Crippen LogP contribution in [0.15, 0.2) is 41.8 Å². The average Bonchev–Trinajstić information content (AvgIpc) is 2.56. The molecule has 1 rings (SSSR count). The Morgan fingerprint density at radius 2 is 2.09 bits per heavy atom. The van der Waals surface area contributed by atoms with E-state index in [0.717, 1.165) is 0 Å². The average molecular weight is 341 g/mol. The summed E-state index contributed by atoms with van der Waals surface area (Å²) in [6.45, 7) is 5.94. The van der Waals surface area contributed by atoms with Crippen LogP contribution in [0.2, 0.25) is 0 Å². The highest BCUT2D eigenvalue weighted by molar-refractivity contribution is 7.89. The summed E-state index contributed by atoms with van der Waals surface area (Å²) in [7, 11) is -2.02. The summed E-state index contributed by atoms with van der Waals surface area (Å²) in [5, 5.41) is 5.82. The molecule has 0 radical (unpaired) electrons. The van der Waals surface area contributed by atoms with E-state index >= 15 is 0 Å². The molecule has 0 aliphatic rings. The van der Waals surface area contributed by atoms with Crippen LogP contribution in [0.3, 0.4) is 0 Å². The molecule has 7 nitrogen and oxygen atoms in total. The molecule has 1 aromatic carbocycles. The lowest BCUT2D eigenvalue weighted by Crippen LogP contribution is -2.33. The molecular formula is C15H23N3O4S. The van der Waals surface area contributed by atoms with Crippen molar-refractivity contribution < 1.29 is 17.9 Å². The first-order valence-corrected chi connectivity index (χ1v) is 8.68. The molecule has 0 unspecified atom stereocenters. The van der Waals surface area contributed by atoms with Crippen LogP contribution in [0, 0.1) is 0 Å². The van der Waals surface area contributed by atoms with Gasteiger partial charge in [0, 0.05) is 38.9 Å². The summed E-state index contributed by atoms with van der Waals surface area (Å²) >= 11 is 0. The Hall–Kier alpha value is -1.74. The van der Waals surface area contributed by atoms with Crippen molar-refractivity contribution in [2.45, 2.75) is 4.90 Å². The van der Waals surface area contributed by atoms with Gasteiger partial charge in [0.15, 0.2) is 0 Å². The minimum absolute atomic E-state index is 0.0465. The summed E-state index contributed by atoms with van der Waals surface area (Å²) in [6.07, 6.45) is 1.45. The van der Waals surface area contributed by atoms with Gasteiger partial charge in [0.1, 0.15) is 0 Å². The van der Waals surface area contributed by atoms with Crippen molar-refractivity contribution in [3.8, 4) is 0 Å². The number of benzene rings is 1. The molecule has 0 atom stereocenters. The van der Waals surface area contributed by atoms with Gasteiger partial charge in [-0.3, -0.25) is 4.79 Å². The van der Waals surface area contributed by atoms with Gasteiger partial charge in [-0.2, -0.15) is 0 Å². The molecule has 0 saturated heterocycles. The molecule has 0 aromatic heterocycles. The van der Waals surface area contributed by atoms with Gasteiger partial charge in [0.2, 0.25) is 10.0 Å². The Balaban J connectivity index is 2.58. The van der Waals surface area contributed by atoms with Crippen LogP contribution in [-0.2, 0) is 14.8 Å². The van der Waals surface area contributed by atoms with Gasteiger partial charge in [-0.1, -0.05) is 12.1 Å². The monoisotopic (exact) mass is 341 g/mol. The van der Waals surface area contributed by atoms with E-state index in [1.165, 1.54) is 24.3 Å². The van der Waals surface area contributed by atoms with Gasteiger partial charge in [-0.05, 0) is 18.2 Å². The molecule has 23 heavy (non-hydrogen) atoms. The zero-order valence-corrected chi connectivity index (χ0v) is 14.0. The van der Waals surface area contributed by atoms with Gasteiger partial charge in [-0.15, -0.1) is 6.58 Å². The van der Waals surface area contributed by atoms with Crippen LogP contribution in [0.4, 0.5) is 0 Å². The van der Waals surface area contributed by atoms with Crippen LogP contribution in [0.5, 0.6) is 0 Å². The molecule has 1 amide bonds. The zero-order valence-electron chi connectivity index (χ0n) is 13.2. The second-order valence-corrected chi connectivity index (χ2v) is 6.43. The molecule has 0 fully saturated rings. The summed E-state index contributed by atoms with van der Waals surface area (Å²) in [5.41, 5.74) is 0.295. The van der Waals surface area contributed by atoms with Crippen LogP contribution < -0.4 is 15.4 Å². The topological polar surface area (TPSA) is 96.5 Å². The number of carbonyl (C=O) groups excluding carboxylic acids is 1. The van der Waals surface area contributed by atoms with Gasteiger partial charge in [0.05, 0.1) is 11.5 Å². The molecule has 0 aliphatic heterocycles. The van der Waals surface area contributed by atoms with Gasteiger partial charge < -0.3 is 15.4 Å². The number of carbonyl (C=O) groups is 1. The fourth-order valence-electron chi connectivity index (χ4n) is 1.72. The maximum absolute atomic E-state index is 12.0. The molecule has 0 aliphatic carbocycles. The van der Waals surface area contributed by atoms with Crippen molar-refractivity contribution in [3.05, 3.63) is 42.5 Å². The molecule has 0 bridgehead atoms. The van der Waals surface area contributed by atoms with E-state index in [1.807, 2.05) is 0 Å². The Morgan fingerprint density at radius 1 is 1.30 bits per heavy atom. The van der Waals surface area contributed by atoms with Crippen LogP contribution in [0.1, 0.15) is 10.4 Å². The quantitative estimate of drug-likeness (QED) is 0.392. The first-order valence-electron chi connectivity index (χ1n) is 7.19. The highest BCUT2D eigenvalue weighted by Gasteiger charge is 2.15. The normalized spacial score (nSPS) is 11.2. The smallest absolute Gasteiger partial charge is 0.251 e. The third-order valence-corrected chi connectivity index (χ3v) is 4.32. The van der Waals surface area contributed by atoms with Crippen molar-refractivity contribution in [2.75, 3.05) is 39.9 Å². The van der Waals surface area contributed by atoms with E-state index in [4.69, 9.17) is 4.74 Å². The highest BCUT2D eigenvalue weighted by Crippen LogP contribution is 2.11. The molecular weight excluding hydrogens is 318 g/mol. The van der Waals surface area contributed by atoms with Crippen LogP contribution in [-0.4, -0.2) is 54.2 Å². The number of hydrogen-bond acceptors (Lipinski definition) is 5. The Labute approximate surface area is 137 Å². The van der Waals surface area contributed by atoms with Crippen LogP contribution in [0.25, 0.3) is 0 Å². The number of ether oxygens (including phenoxy) is 1. The van der Waals surface area contributed by atoms with E-state index < -0.39 is 10.0 Å². The SMILES string of the molecule is C=CCNS(=O)(=O)c1cccc(C(=O)NCCNCCOC)c1. The molecule has 1 aromatic rings. The third kappa shape index (κ3) is 6.91. The molecule has 0 saturated carbocycles. The third-order valence-electron chi connectivity index (χ3n) is 2.89. The van der Waals surface area contributed by atoms with E-state index in [-0.39, 0.29) is 17.3 Å². The molecule has 3 N–H and O–H groups in total. The standard InChI is InChI=1S/C15H23N3O4S/c1-3-7-18-23(20,21)14-6-4-5-13(12-14)15(19)17-9-8-16-10-11-22-2/h3-6,12,16,18H,1,7-11H2,2H3,(H,17,19). The lowest BCUT2D eigenvalue weighted by Gasteiger charge is -2.09. The number of amides is 1. The summed E-state index contributed by atoms with van der Waals surface area (Å²) < 4.78 is 31.3. The number of methoxy groups -OCH3 is 1. The molecule has 8 heteroatoms. The number of rotatable bonds is 11. The minimum Gasteiger partial charge on any atom is -0.383 e. The van der Waals surface area contributed by atoms with Gasteiger partial charge in [-0.25, -0.2) is 13.1 Å². The lowest BCUT2D eigenvalue weighted by atomic mass is 10.2. The maximum atomic E-state index is 12.0. The lowest BCUT2D eigenvalue weighted by molar-refractivity contribution is 0.0953. The number of sulfonamides is 1. The van der Waals surface area contributed by atoms with Gasteiger partial charge >= 0.3 is 0 Å². The predicted molar refractivity (Wildman–Crippen MR) is 88.9 cm³/mol. The zero-order chi connectivity index (χ0) is 17.1. The summed E-state index contributed by atoms with van der Waals surface area (Å²) in [6, 6.07) is 5.89. The maximum Gasteiger partial charge on any atom is 0.251 e. The summed E-state index contributed by atoms with van der Waals surface area (Å²) in [5.74, 6) is -0.320. The Morgan fingerprint density at radius 3 is 2.78 bits per heavy atom. The van der Waals surface area contributed by atoms with E-state index in [1.54, 1.807) is 13.2 Å². The van der Waals surface area contributed by atoms with E-state index in [0.29, 0.717) is 31.8 Å². The fraction of sp³-hybridized carbons (Fsp3) is 0.400. The largest absolute Gasteiger partial charge is 0.383 e. The predicted octanol–water partition coefficient (Wildman–Crippen LogP) is 0.117. The van der Waals surface area contributed by atoms with Crippen molar-refractivity contribution in [1.29, 1.82) is 0 Å². The van der Waals surface area contributed by atoms with E-state index in [9.17, 15) is 13.2 Å². The summed E-state index contributed by atoms with van der Waals surface area (Å²) in [4.78, 5) is 12.1. The first kappa shape index (κ1) is 19.3. The Kier molecular flexibility index (Phi) is 8.49. The second-order valence-electron chi connectivity index (χ2n) is 4.67. The number of nitrogens with one attached hydrogen (secondary N) is 3. The molecule has 0 heterocycles. The van der Waals surface area contributed by atoms with Crippen molar-refractivity contribution in [3.63, 3.8) is 0 Å². The minimum atomic E-state index is -3.64. The van der Waals surface area contributed by atoms with Crippen LogP contribution >= 0.6 is 0 Å². The highest BCUT2D eigenvalue weighted by atomic mass is 32.2. The van der Waals surface area contributed by atoms with Crippen molar-refractivity contribution in [2.24, 2.45) is 0 Å². The van der Waals surface area contributed by atoms with Gasteiger partial charge in [0.25, 0.3) is 5.91 Å².